The molecular formula is C15H29N3O2. The van der Waals surface area contributed by atoms with Gasteiger partial charge in [0.15, 0.2) is 0 Å². The Morgan fingerprint density at radius 3 is 2.85 bits per heavy atom. The lowest BCUT2D eigenvalue weighted by atomic mass is 10.0. The third kappa shape index (κ3) is 4.94. The molecule has 5 nitrogen and oxygen atoms in total. The summed E-state index contributed by atoms with van der Waals surface area (Å²) in [6, 6.07) is 0.360. The normalized spacial score (nSPS) is 23.6. The highest BCUT2D eigenvalue weighted by Crippen LogP contribution is 2.26. The van der Waals surface area contributed by atoms with Crippen LogP contribution in [0.5, 0.6) is 0 Å². The zero-order valence-corrected chi connectivity index (χ0v) is 12.7. The van der Waals surface area contributed by atoms with Crippen molar-refractivity contribution in [2.75, 3.05) is 39.3 Å². The molecule has 116 valence electrons. The van der Waals surface area contributed by atoms with E-state index in [0.29, 0.717) is 12.6 Å². The van der Waals surface area contributed by atoms with Gasteiger partial charge in [-0.1, -0.05) is 6.92 Å². The van der Waals surface area contributed by atoms with E-state index in [2.05, 4.69) is 17.1 Å². The minimum absolute atomic E-state index is 0.00596. The maximum atomic E-state index is 12.0. The third-order valence-electron chi connectivity index (χ3n) is 4.26. The highest BCUT2D eigenvalue weighted by Gasteiger charge is 2.31. The number of aliphatic hydroxyl groups is 1. The van der Waals surface area contributed by atoms with Crippen molar-refractivity contribution in [3.63, 3.8) is 0 Å². The number of carbonyl (C=O) groups is 1. The Bertz CT molecular complexity index is 307. The Morgan fingerprint density at radius 1 is 1.40 bits per heavy atom. The first-order valence-corrected chi connectivity index (χ1v) is 8.08. The van der Waals surface area contributed by atoms with Crippen LogP contribution in [0.2, 0.25) is 0 Å². The number of rotatable bonds is 7. The number of carbonyl (C=O) groups excluding carboxylic acids is 1. The minimum atomic E-state index is -0.00596. The van der Waals surface area contributed by atoms with E-state index in [4.69, 9.17) is 5.11 Å². The SMILES string of the molecule is CC1CCCN(CCCNC(=O)N(CCO)C2CC2)C1. The van der Waals surface area contributed by atoms with Crippen molar-refractivity contribution in [1.82, 2.24) is 15.1 Å². The van der Waals surface area contributed by atoms with Gasteiger partial charge in [-0.25, -0.2) is 4.79 Å². The number of likely N-dealkylation sites (tertiary alicyclic amines) is 1. The molecule has 2 fully saturated rings. The smallest absolute Gasteiger partial charge is 0.317 e. The highest BCUT2D eigenvalue weighted by molar-refractivity contribution is 5.74. The van der Waals surface area contributed by atoms with Crippen LogP contribution in [0, 0.1) is 5.92 Å². The molecule has 2 aliphatic rings. The number of piperidine rings is 1. The zero-order valence-electron chi connectivity index (χ0n) is 12.7. The highest BCUT2D eigenvalue weighted by atomic mass is 16.3. The van der Waals surface area contributed by atoms with Crippen LogP contribution in [0.4, 0.5) is 4.79 Å². The Morgan fingerprint density at radius 2 is 2.20 bits per heavy atom. The summed E-state index contributed by atoms with van der Waals surface area (Å²) in [5.41, 5.74) is 0. The van der Waals surface area contributed by atoms with E-state index in [9.17, 15) is 4.79 Å². The molecule has 0 aromatic heterocycles. The van der Waals surface area contributed by atoms with Crippen LogP contribution >= 0.6 is 0 Å². The van der Waals surface area contributed by atoms with Gasteiger partial charge in [0.05, 0.1) is 6.61 Å². The van der Waals surface area contributed by atoms with Gasteiger partial charge in [0.25, 0.3) is 0 Å². The molecule has 0 bridgehead atoms. The van der Waals surface area contributed by atoms with Gasteiger partial charge in [0.1, 0.15) is 0 Å². The maximum absolute atomic E-state index is 12.0. The number of nitrogens with one attached hydrogen (secondary N) is 1. The van der Waals surface area contributed by atoms with Gasteiger partial charge >= 0.3 is 6.03 Å². The van der Waals surface area contributed by atoms with Gasteiger partial charge in [-0.15, -0.1) is 0 Å². The molecule has 1 saturated heterocycles. The molecule has 2 amide bonds. The second-order valence-electron chi connectivity index (χ2n) is 6.28. The standard InChI is InChI=1S/C15H29N3O2/c1-13-4-2-8-17(12-13)9-3-7-16-15(20)18(10-11-19)14-5-6-14/h13-14,19H,2-12H2,1H3,(H,16,20). The fourth-order valence-corrected chi connectivity index (χ4v) is 3.03. The number of urea groups is 1. The number of hydrogen-bond donors (Lipinski definition) is 2. The topological polar surface area (TPSA) is 55.8 Å². The fraction of sp³-hybridized carbons (Fsp3) is 0.933. The quantitative estimate of drug-likeness (QED) is 0.692. The first-order chi connectivity index (χ1) is 9.70. The molecule has 20 heavy (non-hydrogen) atoms. The van der Waals surface area contributed by atoms with Crippen LogP contribution in [0.25, 0.3) is 0 Å². The fourth-order valence-electron chi connectivity index (χ4n) is 3.03. The van der Waals surface area contributed by atoms with E-state index in [1.165, 1.54) is 25.9 Å². The van der Waals surface area contributed by atoms with Crippen LogP contribution in [-0.2, 0) is 0 Å². The van der Waals surface area contributed by atoms with Crippen molar-refractivity contribution in [2.24, 2.45) is 5.92 Å². The van der Waals surface area contributed by atoms with Crippen molar-refractivity contribution in [1.29, 1.82) is 0 Å². The summed E-state index contributed by atoms with van der Waals surface area (Å²) >= 11 is 0. The van der Waals surface area contributed by atoms with Gasteiger partial charge in [-0.05, 0) is 51.1 Å². The Labute approximate surface area is 122 Å². The van der Waals surface area contributed by atoms with Crippen LogP contribution in [0.3, 0.4) is 0 Å². The summed E-state index contributed by atoms with van der Waals surface area (Å²) in [6.45, 7) is 7.04. The summed E-state index contributed by atoms with van der Waals surface area (Å²) in [6.07, 6.45) is 5.83. The molecule has 1 aliphatic carbocycles. The Hall–Kier alpha value is -0.810. The largest absolute Gasteiger partial charge is 0.395 e. The van der Waals surface area contributed by atoms with E-state index >= 15 is 0 Å². The monoisotopic (exact) mass is 283 g/mol. The van der Waals surface area contributed by atoms with Gasteiger partial charge < -0.3 is 20.2 Å². The Kier molecular flexibility index (Phi) is 6.10. The van der Waals surface area contributed by atoms with Crippen molar-refractivity contribution >= 4 is 6.03 Å². The number of hydrogen-bond acceptors (Lipinski definition) is 3. The predicted octanol–water partition coefficient (Wildman–Crippen LogP) is 1.27. The van der Waals surface area contributed by atoms with Crippen molar-refractivity contribution in [2.45, 2.75) is 45.1 Å². The lowest BCUT2D eigenvalue weighted by Gasteiger charge is -2.30. The molecule has 1 heterocycles. The van der Waals surface area contributed by atoms with Crippen molar-refractivity contribution in [3.8, 4) is 0 Å². The molecule has 5 heteroatoms. The van der Waals surface area contributed by atoms with E-state index in [-0.39, 0.29) is 12.6 Å². The molecule has 0 aromatic carbocycles. The van der Waals surface area contributed by atoms with E-state index in [1.54, 1.807) is 4.90 Å². The molecule has 1 saturated carbocycles. The first kappa shape index (κ1) is 15.6. The molecule has 1 atom stereocenters. The van der Waals surface area contributed by atoms with E-state index < -0.39 is 0 Å². The summed E-state index contributed by atoms with van der Waals surface area (Å²) in [5.74, 6) is 0.813. The third-order valence-corrected chi connectivity index (χ3v) is 4.26. The molecule has 0 aromatic rings. The van der Waals surface area contributed by atoms with Crippen LogP contribution in [-0.4, -0.2) is 66.3 Å². The number of nitrogens with zero attached hydrogens (tertiary/aromatic N) is 2. The minimum Gasteiger partial charge on any atom is -0.395 e. The lowest BCUT2D eigenvalue weighted by Crippen LogP contribution is -2.44. The average molecular weight is 283 g/mol. The summed E-state index contributed by atoms with van der Waals surface area (Å²) in [4.78, 5) is 16.3. The van der Waals surface area contributed by atoms with Crippen molar-refractivity contribution in [3.05, 3.63) is 0 Å². The average Bonchev–Trinajstić information content (AvgIpc) is 3.25. The van der Waals surface area contributed by atoms with Gasteiger partial charge in [0.2, 0.25) is 0 Å². The molecule has 1 aliphatic heterocycles. The summed E-state index contributed by atoms with van der Waals surface area (Å²) < 4.78 is 0. The molecular weight excluding hydrogens is 254 g/mol. The second kappa shape index (κ2) is 7.84. The summed E-state index contributed by atoms with van der Waals surface area (Å²) in [7, 11) is 0. The van der Waals surface area contributed by atoms with E-state index in [0.717, 1.165) is 38.3 Å². The van der Waals surface area contributed by atoms with Gasteiger partial charge in [-0.3, -0.25) is 0 Å². The number of aliphatic hydroxyl groups excluding tert-OH is 1. The van der Waals surface area contributed by atoms with Crippen LogP contribution in [0.1, 0.15) is 39.0 Å². The van der Waals surface area contributed by atoms with Gasteiger partial charge in [-0.2, -0.15) is 0 Å². The van der Waals surface area contributed by atoms with Crippen molar-refractivity contribution < 1.29 is 9.90 Å². The molecule has 0 radical (unpaired) electrons. The van der Waals surface area contributed by atoms with E-state index in [1.807, 2.05) is 0 Å². The number of amides is 2. The van der Waals surface area contributed by atoms with Crippen LogP contribution < -0.4 is 5.32 Å². The zero-order chi connectivity index (χ0) is 14.4. The molecule has 2 rings (SSSR count). The molecule has 1 unspecified atom stereocenters. The predicted molar refractivity (Wildman–Crippen MR) is 79.7 cm³/mol. The first-order valence-electron chi connectivity index (χ1n) is 8.08. The Balaban J connectivity index is 1.58. The second-order valence-corrected chi connectivity index (χ2v) is 6.28. The maximum Gasteiger partial charge on any atom is 0.317 e. The lowest BCUT2D eigenvalue weighted by molar-refractivity contribution is 0.169. The molecule has 2 N–H and O–H groups in total. The van der Waals surface area contributed by atoms with Gasteiger partial charge in [0, 0.05) is 25.7 Å². The van der Waals surface area contributed by atoms with Crippen LogP contribution in [0.15, 0.2) is 0 Å². The summed E-state index contributed by atoms with van der Waals surface area (Å²) in [5, 5.41) is 12.0. The molecule has 0 spiro atoms.